The number of nitrogens with zero attached hydrogens (tertiary/aromatic N) is 3. The van der Waals surface area contributed by atoms with Crippen LogP contribution in [0.2, 0.25) is 0 Å². The lowest BCUT2D eigenvalue weighted by Crippen LogP contribution is -2.48. The number of aliphatic hydroxyl groups is 1. The van der Waals surface area contributed by atoms with Crippen molar-refractivity contribution in [2.75, 3.05) is 44.6 Å². The lowest BCUT2D eigenvalue weighted by Gasteiger charge is -2.35. The molecule has 1 saturated heterocycles. The van der Waals surface area contributed by atoms with Gasteiger partial charge in [-0.2, -0.15) is 0 Å². The zero-order valence-corrected chi connectivity index (χ0v) is 12.7. The van der Waals surface area contributed by atoms with Gasteiger partial charge in [0, 0.05) is 51.8 Å². The molecule has 1 aromatic heterocycles. The number of β-amino-alcohol motifs (C(OH)–C–C–N with tert-alkyl or cyclic N) is 1. The van der Waals surface area contributed by atoms with Gasteiger partial charge < -0.3 is 19.8 Å². The van der Waals surface area contributed by atoms with Gasteiger partial charge in [-0.05, 0) is 13.8 Å². The first kappa shape index (κ1) is 15.9. The van der Waals surface area contributed by atoms with Gasteiger partial charge in [-0.3, -0.25) is 9.69 Å². The van der Waals surface area contributed by atoms with E-state index in [1.165, 1.54) is 0 Å². The van der Waals surface area contributed by atoms with E-state index in [0.29, 0.717) is 18.0 Å². The lowest BCUT2D eigenvalue weighted by molar-refractivity contribution is -0.116. The number of piperazine rings is 1. The molecule has 2 N–H and O–H groups in total. The predicted octanol–water partition coefficient (Wildman–Crippen LogP) is 0.310. The van der Waals surface area contributed by atoms with Gasteiger partial charge in [0.2, 0.25) is 5.91 Å². The predicted molar refractivity (Wildman–Crippen MR) is 79.0 cm³/mol. The molecule has 0 bridgehead atoms. The van der Waals surface area contributed by atoms with Crippen LogP contribution in [0.3, 0.4) is 0 Å². The molecule has 0 radical (unpaired) electrons. The molecular weight excluding hydrogens is 272 g/mol. The fourth-order valence-electron chi connectivity index (χ4n) is 2.46. The highest BCUT2D eigenvalue weighted by Gasteiger charge is 2.18. The molecule has 1 amide bonds. The number of aliphatic hydroxyl groups excluding tert-OH is 1. The number of carbonyl (C=O) groups excluding carboxylic acids is 1. The highest BCUT2D eigenvalue weighted by atomic mass is 16.5. The van der Waals surface area contributed by atoms with Gasteiger partial charge in [0.1, 0.15) is 5.76 Å². The maximum Gasteiger partial charge on any atom is 0.226 e. The maximum absolute atomic E-state index is 11.8. The average Bonchev–Trinajstić information content (AvgIpc) is 2.83. The molecular formula is C14H24N4O3. The molecule has 0 spiro atoms. The third kappa shape index (κ3) is 5.45. The van der Waals surface area contributed by atoms with Crippen molar-refractivity contribution in [3.63, 3.8) is 0 Å². The normalized spacial score (nSPS) is 18.6. The zero-order valence-electron chi connectivity index (χ0n) is 12.7. The Morgan fingerprint density at radius 2 is 2.10 bits per heavy atom. The maximum atomic E-state index is 11.8. The molecule has 2 rings (SSSR count). The molecule has 1 fully saturated rings. The number of hydrogen-bond acceptors (Lipinski definition) is 6. The van der Waals surface area contributed by atoms with Crippen LogP contribution in [-0.2, 0) is 4.79 Å². The number of aromatic nitrogens is 1. The number of carbonyl (C=O) groups is 1. The Morgan fingerprint density at radius 3 is 2.67 bits per heavy atom. The van der Waals surface area contributed by atoms with E-state index in [4.69, 9.17) is 4.52 Å². The summed E-state index contributed by atoms with van der Waals surface area (Å²) >= 11 is 0. The Labute approximate surface area is 124 Å². The van der Waals surface area contributed by atoms with Crippen molar-refractivity contribution in [1.29, 1.82) is 0 Å². The second-order valence-corrected chi connectivity index (χ2v) is 5.61. The molecule has 1 aliphatic rings. The third-order valence-corrected chi connectivity index (χ3v) is 3.54. The van der Waals surface area contributed by atoms with Crippen LogP contribution in [0.15, 0.2) is 10.6 Å². The first-order valence-corrected chi connectivity index (χ1v) is 7.39. The summed E-state index contributed by atoms with van der Waals surface area (Å²) < 4.78 is 4.90. The molecule has 0 aliphatic carbocycles. The molecule has 1 aromatic rings. The summed E-state index contributed by atoms with van der Waals surface area (Å²) in [4.78, 5) is 16.3. The number of hydrogen-bond donors (Lipinski definition) is 2. The Kier molecular flexibility index (Phi) is 5.72. The molecule has 7 heteroatoms. The van der Waals surface area contributed by atoms with Crippen LogP contribution in [0.5, 0.6) is 0 Å². The summed E-state index contributed by atoms with van der Waals surface area (Å²) in [6.07, 6.45) is 0.163. The van der Waals surface area contributed by atoms with Gasteiger partial charge in [0.15, 0.2) is 5.82 Å². The van der Waals surface area contributed by atoms with E-state index in [1.54, 1.807) is 13.0 Å². The van der Waals surface area contributed by atoms with Crippen LogP contribution in [0.25, 0.3) is 0 Å². The van der Waals surface area contributed by atoms with Crippen LogP contribution in [0, 0.1) is 6.92 Å². The van der Waals surface area contributed by atoms with Crippen LogP contribution in [0.1, 0.15) is 19.1 Å². The number of aryl methyl sites for hydroxylation is 1. The standard InChI is InChI=1S/C14H24N4O3/c1-11(19)10-18-7-5-17(6-8-18)4-3-14(20)15-13-9-12(2)21-16-13/h9,11,19H,3-8,10H2,1-2H3,(H,15,16,20)/t11-/m0/s1. The molecule has 1 atom stereocenters. The van der Waals surface area contributed by atoms with Gasteiger partial charge in [0.05, 0.1) is 6.10 Å². The van der Waals surface area contributed by atoms with Crippen LogP contribution in [-0.4, -0.2) is 71.3 Å². The first-order valence-electron chi connectivity index (χ1n) is 7.39. The van der Waals surface area contributed by atoms with Crippen molar-refractivity contribution in [3.8, 4) is 0 Å². The SMILES string of the molecule is Cc1cc(NC(=O)CCN2CCN(C[C@H](C)O)CC2)no1. The van der Waals surface area contributed by atoms with E-state index >= 15 is 0 Å². The second-order valence-electron chi connectivity index (χ2n) is 5.61. The van der Waals surface area contributed by atoms with Gasteiger partial charge in [0.25, 0.3) is 0 Å². The van der Waals surface area contributed by atoms with E-state index in [0.717, 1.165) is 39.3 Å². The van der Waals surface area contributed by atoms with Gasteiger partial charge in [-0.25, -0.2) is 0 Å². The van der Waals surface area contributed by atoms with Gasteiger partial charge in [-0.1, -0.05) is 5.16 Å². The number of anilines is 1. The van der Waals surface area contributed by atoms with E-state index in [2.05, 4.69) is 20.3 Å². The summed E-state index contributed by atoms with van der Waals surface area (Å²) in [5.74, 6) is 1.11. The van der Waals surface area contributed by atoms with Crippen LogP contribution < -0.4 is 5.32 Å². The molecule has 0 saturated carbocycles. The highest BCUT2D eigenvalue weighted by Crippen LogP contribution is 2.08. The largest absolute Gasteiger partial charge is 0.392 e. The van der Waals surface area contributed by atoms with Crippen LogP contribution in [0.4, 0.5) is 5.82 Å². The number of amides is 1. The van der Waals surface area contributed by atoms with E-state index in [1.807, 2.05) is 6.92 Å². The summed E-state index contributed by atoms with van der Waals surface area (Å²) in [5.41, 5.74) is 0. The molecule has 118 valence electrons. The smallest absolute Gasteiger partial charge is 0.226 e. The molecule has 0 aromatic carbocycles. The van der Waals surface area contributed by atoms with Crippen molar-refractivity contribution >= 4 is 11.7 Å². The fraction of sp³-hybridized carbons (Fsp3) is 0.714. The highest BCUT2D eigenvalue weighted by molar-refractivity contribution is 5.89. The summed E-state index contributed by atoms with van der Waals surface area (Å²) in [5, 5.41) is 15.8. The fourth-order valence-corrected chi connectivity index (χ4v) is 2.46. The van der Waals surface area contributed by atoms with Crippen molar-refractivity contribution in [1.82, 2.24) is 15.0 Å². The van der Waals surface area contributed by atoms with Gasteiger partial charge in [-0.15, -0.1) is 0 Å². The van der Waals surface area contributed by atoms with Crippen molar-refractivity contribution in [3.05, 3.63) is 11.8 Å². The van der Waals surface area contributed by atoms with E-state index < -0.39 is 0 Å². The molecule has 21 heavy (non-hydrogen) atoms. The Hall–Kier alpha value is -1.44. The summed E-state index contributed by atoms with van der Waals surface area (Å²) in [6.45, 7) is 8.80. The van der Waals surface area contributed by atoms with Gasteiger partial charge >= 0.3 is 0 Å². The lowest BCUT2D eigenvalue weighted by atomic mass is 10.2. The molecule has 0 unspecified atom stereocenters. The minimum Gasteiger partial charge on any atom is -0.392 e. The first-order chi connectivity index (χ1) is 10.0. The van der Waals surface area contributed by atoms with E-state index in [-0.39, 0.29) is 12.0 Å². The minimum atomic E-state index is -0.284. The Bertz CT molecular complexity index is 453. The minimum absolute atomic E-state index is 0.0466. The average molecular weight is 296 g/mol. The van der Waals surface area contributed by atoms with Crippen molar-refractivity contribution < 1.29 is 14.4 Å². The summed E-state index contributed by atoms with van der Waals surface area (Å²) in [7, 11) is 0. The monoisotopic (exact) mass is 296 g/mol. The number of rotatable bonds is 6. The zero-order chi connectivity index (χ0) is 15.2. The second kappa shape index (κ2) is 7.53. The van der Waals surface area contributed by atoms with E-state index in [9.17, 15) is 9.90 Å². The molecule has 1 aliphatic heterocycles. The molecule has 7 nitrogen and oxygen atoms in total. The quantitative estimate of drug-likeness (QED) is 0.786. The Balaban J connectivity index is 1.64. The van der Waals surface area contributed by atoms with Crippen LogP contribution >= 0.6 is 0 Å². The third-order valence-electron chi connectivity index (χ3n) is 3.54. The van der Waals surface area contributed by atoms with Crippen molar-refractivity contribution in [2.24, 2.45) is 0 Å². The molecule has 2 heterocycles. The Morgan fingerprint density at radius 1 is 1.43 bits per heavy atom. The number of nitrogens with one attached hydrogen (secondary N) is 1. The van der Waals surface area contributed by atoms with Crippen molar-refractivity contribution in [2.45, 2.75) is 26.4 Å². The topological polar surface area (TPSA) is 81.8 Å². The summed E-state index contributed by atoms with van der Waals surface area (Å²) in [6, 6.07) is 1.70.